The van der Waals surface area contributed by atoms with Gasteiger partial charge >= 0.3 is 0 Å². The van der Waals surface area contributed by atoms with E-state index in [-0.39, 0.29) is 0 Å². The van der Waals surface area contributed by atoms with Gasteiger partial charge in [-0.1, -0.05) is 85.6 Å². The van der Waals surface area contributed by atoms with Crippen LogP contribution in [0.3, 0.4) is 0 Å². The van der Waals surface area contributed by atoms with E-state index in [0.29, 0.717) is 5.92 Å². The molecule has 0 spiro atoms. The van der Waals surface area contributed by atoms with Gasteiger partial charge in [0.25, 0.3) is 0 Å². The molecule has 212 valence electrons. The molecule has 1 aliphatic rings. The fourth-order valence-corrected chi connectivity index (χ4v) is 8.55. The minimum atomic E-state index is 0.706. The van der Waals surface area contributed by atoms with Crippen LogP contribution < -0.4 is 4.90 Å². The molecule has 0 radical (unpaired) electrons. The minimum Gasteiger partial charge on any atom is -0.310 e. The zero-order chi connectivity index (χ0) is 29.0. The van der Waals surface area contributed by atoms with Crippen LogP contribution in [-0.2, 0) is 0 Å². The number of rotatable bonds is 5. The van der Waals surface area contributed by atoms with Gasteiger partial charge < -0.3 is 9.47 Å². The van der Waals surface area contributed by atoms with Crippen LogP contribution in [0.1, 0.15) is 37.2 Å². The van der Waals surface area contributed by atoms with Gasteiger partial charge in [0.05, 0.1) is 11.0 Å². The number of benzene rings is 6. The summed E-state index contributed by atoms with van der Waals surface area (Å²) in [5.74, 6) is 0.706. The van der Waals surface area contributed by atoms with Crippen molar-refractivity contribution in [3.63, 3.8) is 0 Å². The Morgan fingerprint density at radius 1 is 0.500 bits per heavy atom. The molecule has 0 bridgehead atoms. The van der Waals surface area contributed by atoms with Gasteiger partial charge in [0.1, 0.15) is 0 Å². The largest absolute Gasteiger partial charge is 0.310 e. The summed E-state index contributed by atoms with van der Waals surface area (Å²) < 4.78 is 5.04. The lowest BCUT2D eigenvalue weighted by atomic mass is 9.97. The zero-order valence-corrected chi connectivity index (χ0v) is 25.3. The van der Waals surface area contributed by atoms with Crippen molar-refractivity contribution < 1.29 is 0 Å². The maximum atomic E-state index is 2.41. The molecule has 8 aromatic rings. The van der Waals surface area contributed by atoms with E-state index in [4.69, 9.17) is 0 Å². The molecule has 0 saturated heterocycles. The van der Waals surface area contributed by atoms with Crippen molar-refractivity contribution in [1.29, 1.82) is 0 Å². The first-order chi connectivity index (χ1) is 21.8. The molecule has 6 aromatic carbocycles. The van der Waals surface area contributed by atoms with Gasteiger partial charge in [-0.3, -0.25) is 0 Å². The molecule has 3 heteroatoms. The molecule has 0 atom stereocenters. The van der Waals surface area contributed by atoms with E-state index >= 15 is 0 Å². The van der Waals surface area contributed by atoms with Crippen molar-refractivity contribution >= 4 is 70.4 Å². The van der Waals surface area contributed by atoms with E-state index in [1.165, 1.54) is 90.3 Å². The van der Waals surface area contributed by atoms with Gasteiger partial charge in [0.2, 0.25) is 0 Å². The third-order valence-corrected chi connectivity index (χ3v) is 10.7. The van der Waals surface area contributed by atoms with Gasteiger partial charge in [-0.15, -0.1) is 11.3 Å². The number of thiophene rings is 1. The summed E-state index contributed by atoms with van der Waals surface area (Å²) in [7, 11) is 0. The lowest BCUT2D eigenvalue weighted by molar-refractivity contribution is 0.723. The minimum absolute atomic E-state index is 0.706. The second-order valence-corrected chi connectivity index (χ2v) is 13.2. The highest BCUT2D eigenvalue weighted by molar-refractivity contribution is 7.25. The monoisotopic (exact) mass is 584 g/mol. The van der Waals surface area contributed by atoms with E-state index in [2.05, 4.69) is 149 Å². The molecule has 2 heterocycles. The molecule has 0 N–H and O–H groups in total. The second-order valence-electron chi connectivity index (χ2n) is 12.1. The summed E-state index contributed by atoms with van der Waals surface area (Å²) in [6.07, 6.45) is 5.34. The van der Waals surface area contributed by atoms with Crippen molar-refractivity contribution in [3.8, 4) is 5.69 Å². The number of hydrogen-bond donors (Lipinski definition) is 0. The van der Waals surface area contributed by atoms with Crippen molar-refractivity contribution in [2.75, 3.05) is 4.90 Å². The van der Waals surface area contributed by atoms with Crippen molar-refractivity contribution in [3.05, 3.63) is 145 Å². The average Bonchev–Trinajstić information content (AvgIpc) is 3.82. The third kappa shape index (κ3) is 4.15. The molecule has 1 saturated carbocycles. The molecule has 2 nitrogen and oxygen atoms in total. The van der Waals surface area contributed by atoms with Gasteiger partial charge in [-0.05, 0) is 91.1 Å². The quantitative estimate of drug-likeness (QED) is 0.195. The fraction of sp³-hybridized carbons (Fsp3) is 0.122. The van der Waals surface area contributed by atoms with Gasteiger partial charge in [0, 0.05) is 53.7 Å². The Labute approximate surface area is 261 Å². The molecular formula is C41H32N2S. The van der Waals surface area contributed by atoms with Crippen LogP contribution in [-0.4, -0.2) is 4.57 Å². The standard InChI is InChI=1S/C41H32N2S/c1-2-10-28(9-1)29-17-19-30(20-18-29)42(33-25-26-37-36-13-5-8-16-40(36)44-41(37)27-33)31-21-23-32(24-22-31)43-38-14-6-3-11-34(38)35-12-4-7-15-39(35)43/h3-8,11-28H,1-2,9-10H2. The Morgan fingerprint density at radius 2 is 1.05 bits per heavy atom. The molecule has 1 fully saturated rings. The van der Waals surface area contributed by atoms with Crippen LogP contribution in [0.2, 0.25) is 0 Å². The van der Waals surface area contributed by atoms with Gasteiger partial charge in [-0.2, -0.15) is 0 Å². The Morgan fingerprint density at radius 3 is 1.73 bits per heavy atom. The van der Waals surface area contributed by atoms with Crippen LogP contribution in [0, 0.1) is 0 Å². The number of hydrogen-bond acceptors (Lipinski definition) is 2. The lowest BCUT2D eigenvalue weighted by Crippen LogP contribution is -2.10. The average molecular weight is 585 g/mol. The number of para-hydroxylation sites is 2. The first-order valence-electron chi connectivity index (χ1n) is 15.7. The van der Waals surface area contributed by atoms with Crippen molar-refractivity contribution in [1.82, 2.24) is 4.57 Å². The highest BCUT2D eigenvalue weighted by atomic mass is 32.1. The van der Waals surface area contributed by atoms with E-state index in [1.54, 1.807) is 0 Å². The predicted octanol–water partition coefficient (Wildman–Crippen LogP) is 12.3. The number of fused-ring (bicyclic) bond motifs is 6. The summed E-state index contributed by atoms with van der Waals surface area (Å²) >= 11 is 1.88. The molecule has 2 aromatic heterocycles. The molecule has 1 aliphatic carbocycles. The lowest BCUT2D eigenvalue weighted by Gasteiger charge is -2.26. The SMILES string of the molecule is c1ccc2c(c1)sc1cc(N(c3ccc(C4CCCC4)cc3)c3ccc(-n4c5ccccc5c5ccccc54)cc3)ccc12. The molecular weight excluding hydrogens is 553 g/mol. The zero-order valence-electron chi connectivity index (χ0n) is 24.5. The Bertz CT molecular complexity index is 2230. The van der Waals surface area contributed by atoms with Gasteiger partial charge in [0.15, 0.2) is 0 Å². The fourth-order valence-electron chi connectivity index (χ4n) is 7.41. The molecule has 9 rings (SSSR count). The number of anilines is 3. The molecule has 44 heavy (non-hydrogen) atoms. The maximum absolute atomic E-state index is 2.41. The second kappa shape index (κ2) is 10.4. The summed E-state index contributed by atoms with van der Waals surface area (Å²) in [4.78, 5) is 2.41. The Hall–Kier alpha value is -4.86. The Balaban J connectivity index is 1.17. The van der Waals surface area contributed by atoms with E-state index in [0.717, 1.165) is 5.69 Å². The molecule has 0 aliphatic heterocycles. The van der Waals surface area contributed by atoms with E-state index in [9.17, 15) is 0 Å². The summed E-state index contributed by atoms with van der Waals surface area (Å²) in [5.41, 5.74) is 8.64. The van der Waals surface area contributed by atoms with Crippen LogP contribution in [0.5, 0.6) is 0 Å². The van der Waals surface area contributed by atoms with Crippen molar-refractivity contribution in [2.45, 2.75) is 31.6 Å². The number of aromatic nitrogens is 1. The summed E-state index contributed by atoms with van der Waals surface area (Å²) in [6, 6.07) is 51.6. The maximum Gasteiger partial charge on any atom is 0.0541 e. The Kier molecular flexibility index (Phi) is 6.05. The van der Waals surface area contributed by atoms with Crippen molar-refractivity contribution in [2.24, 2.45) is 0 Å². The van der Waals surface area contributed by atoms with Crippen LogP contribution in [0.4, 0.5) is 17.1 Å². The van der Waals surface area contributed by atoms with Crippen LogP contribution >= 0.6 is 11.3 Å². The molecule has 0 amide bonds. The first-order valence-corrected chi connectivity index (χ1v) is 16.5. The molecule has 0 unspecified atom stereocenters. The highest BCUT2D eigenvalue weighted by Gasteiger charge is 2.19. The van der Waals surface area contributed by atoms with Crippen LogP contribution in [0.25, 0.3) is 47.7 Å². The topological polar surface area (TPSA) is 8.17 Å². The van der Waals surface area contributed by atoms with Crippen LogP contribution in [0.15, 0.2) is 140 Å². The normalized spacial score (nSPS) is 13.9. The summed E-state index contributed by atoms with van der Waals surface area (Å²) in [6.45, 7) is 0. The van der Waals surface area contributed by atoms with E-state index < -0.39 is 0 Å². The predicted molar refractivity (Wildman–Crippen MR) is 190 cm³/mol. The highest BCUT2D eigenvalue weighted by Crippen LogP contribution is 2.42. The number of nitrogens with zero attached hydrogens (tertiary/aromatic N) is 2. The summed E-state index contributed by atoms with van der Waals surface area (Å²) in [5, 5.41) is 5.23. The smallest absolute Gasteiger partial charge is 0.0541 e. The van der Waals surface area contributed by atoms with E-state index in [1.807, 2.05) is 11.3 Å². The third-order valence-electron chi connectivity index (χ3n) is 9.54. The van der Waals surface area contributed by atoms with Gasteiger partial charge in [-0.25, -0.2) is 0 Å². The first kappa shape index (κ1) is 25.6.